The smallest absolute Gasteiger partial charge is 0.319 e. The van der Waals surface area contributed by atoms with E-state index in [0.717, 1.165) is 22.4 Å². The normalized spacial score (nSPS) is 18.9. The van der Waals surface area contributed by atoms with Gasteiger partial charge in [-0.05, 0) is 30.2 Å². The van der Waals surface area contributed by atoms with Gasteiger partial charge in [-0.3, -0.25) is 4.79 Å². The first-order valence-corrected chi connectivity index (χ1v) is 8.84. The van der Waals surface area contributed by atoms with E-state index < -0.39 is 6.04 Å². The molecule has 27 heavy (non-hydrogen) atoms. The Bertz CT molecular complexity index is 917. The molecule has 1 atom stereocenters. The monoisotopic (exact) mass is 363 g/mol. The van der Waals surface area contributed by atoms with Crippen LogP contribution in [-0.2, 0) is 11.3 Å². The largest absolute Gasteiger partial charge is 0.497 e. The van der Waals surface area contributed by atoms with Crippen molar-refractivity contribution in [2.75, 3.05) is 13.7 Å². The van der Waals surface area contributed by atoms with Gasteiger partial charge in [0.05, 0.1) is 31.0 Å². The topological polar surface area (TPSA) is 70.7 Å². The molecule has 0 spiro atoms. The van der Waals surface area contributed by atoms with Gasteiger partial charge >= 0.3 is 6.03 Å². The number of carbonyl (C=O) groups excluding carboxylic acids is 2. The molecule has 2 aromatic rings. The molecule has 2 N–H and O–H groups in total. The van der Waals surface area contributed by atoms with Crippen LogP contribution >= 0.6 is 0 Å². The third kappa shape index (κ3) is 3.26. The van der Waals surface area contributed by atoms with Gasteiger partial charge in [-0.1, -0.05) is 42.0 Å². The van der Waals surface area contributed by atoms with Crippen molar-refractivity contribution >= 4 is 11.9 Å². The minimum Gasteiger partial charge on any atom is -0.497 e. The van der Waals surface area contributed by atoms with E-state index in [1.807, 2.05) is 55.5 Å². The number of hydrogen-bond donors (Lipinski definition) is 2. The first-order chi connectivity index (χ1) is 13.0. The lowest BCUT2D eigenvalue weighted by molar-refractivity contribution is -0.126. The summed E-state index contributed by atoms with van der Waals surface area (Å²) in [6, 6.07) is 14.8. The SMILES string of the molecule is COc1ccc(CN2CC3=C(C2=O)[C@H](c2ccc(C)cc2)NC(=O)N3)cc1. The molecule has 2 heterocycles. The van der Waals surface area contributed by atoms with E-state index in [1.54, 1.807) is 12.0 Å². The van der Waals surface area contributed by atoms with E-state index >= 15 is 0 Å². The highest BCUT2D eigenvalue weighted by molar-refractivity contribution is 6.01. The standard InChI is InChI=1S/C21H21N3O3/c1-13-3-7-15(8-4-13)19-18-17(22-21(26)23-19)12-24(20(18)25)11-14-5-9-16(27-2)10-6-14/h3-10,19H,11-12H2,1-2H3,(H2,22,23,26)/t19-/m0/s1. The Morgan fingerprint density at radius 2 is 1.78 bits per heavy atom. The van der Waals surface area contributed by atoms with Gasteiger partial charge < -0.3 is 20.3 Å². The molecule has 0 fully saturated rings. The summed E-state index contributed by atoms with van der Waals surface area (Å²) in [6.07, 6.45) is 0. The Morgan fingerprint density at radius 1 is 1.07 bits per heavy atom. The van der Waals surface area contributed by atoms with Crippen molar-refractivity contribution in [1.29, 1.82) is 0 Å². The number of nitrogens with zero attached hydrogens (tertiary/aromatic N) is 1. The number of ether oxygens (including phenoxy) is 1. The Morgan fingerprint density at radius 3 is 2.44 bits per heavy atom. The summed E-state index contributed by atoms with van der Waals surface area (Å²) in [4.78, 5) is 26.9. The fraction of sp³-hybridized carbons (Fsp3) is 0.238. The van der Waals surface area contributed by atoms with Crippen LogP contribution in [0.5, 0.6) is 5.75 Å². The molecule has 0 saturated heterocycles. The molecular formula is C21H21N3O3. The van der Waals surface area contributed by atoms with E-state index in [0.29, 0.717) is 24.4 Å². The summed E-state index contributed by atoms with van der Waals surface area (Å²) in [7, 11) is 1.62. The Hall–Kier alpha value is -3.28. The third-order valence-electron chi connectivity index (χ3n) is 4.96. The average Bonchev–Trinajstić information content (AvgIpc) is 2.97. The van der Waals surface area contributed by atoms with Crippen LogP contribution in [0.25, 0.3) is 0 Å². The highest BCUT2D eigenvalue weighted by atomic mass is 16.5. The van der Waals surface area contributed by atoms with Crippen LogP contribution in [0.1, 0.15) is 22.7 Å². The maximum atomic E-state index is 13.1. The predicted octanol–water partition coefficient (Wildman–Crippen LogP) is 2.65. The summed E-state index contributed by atoms with van der Waals surface area (Å²) < 4.78 is 5.18. The number of carbonyl (C=O) groups is 2. The molecule has 3 amide bonds. The highest BCUT2D eigenvalue weighted by Gasteiger charge is 2.40. The minimum absolute atomic E-state index is 0.0566. The number of hydrogen-bond acceptors (Lipinski definition) is 3. The van der Waals surface area contributed by atoms with Crippen LogP contribution in [0.4, 0.5) is 4.79 Å². The van der Waals surface area contributed by atoms with Gasteiger partial charge in [0, 0.05) is 6.54 Å². The van der Waals surface area contributed by atoms with Crippen molar-refractivity contribution in [3.05, 3.63) is 76.5 Å². The lowest BCUT2D eigenvalue weighted by Crippen LogP contribution is -2.44. The molecular weight excluding hydrogens is 342 g/mol. The lowest BCUT2D eigenvalue weighted by Gasteiger charge is -2.25. The van der Waals surface area contributed by atoms with Crippen molar-refractivity contribution in [3.8, 4) is 5.75 Å². The fourth-order valence-corrected chi connectivity index (χ4v) is 3.52. The molecule has 4 rings (SSSR count). The van der Waals surface area contributed by atoms with Gasteiger partial charge in [-0.15, -0.1) is 0 Å². The number of urea groups is 1. The second kappa shape index (κ2) is 6.79. The van der Waals surface area contributed by atoms with E-state index in [1.165, 1.54) is 0 Å². The zero-order valence-corrected chi connectivity index (χ0v) is 15.3. The molecule has 6 nitrogen and oxygen atoms in total. The number of benzene rings is 2. The third-order valence-corrected chi connectivity index (χ3v) is 4.96. The van der Waals surface area contributed by atoms with Gasteiger partial charge in [-0.25, -0.2) is 4.79 Å². The average molecular weight is 363 g/mol. The van der Waals surface area contributed by atoms with Crippen LogP contribution in [0.2, 0.25) is 0 Å². The number of methoxy groups -OCH3 is 1. The van der Waals surface area contributed by atoms with Gasteiger partial charge in [0.15, 0.2) is 0 Å². The molecule has 0 saturated carbocycles. The Kier molecular flexibility index (Phi) is 4.32. The molecule has 0 unspecified atom stereocenters. The van der Waals surface area contributed by atoms with Gasteiger partial charge in [-0.2, -0.15) is 0 Å². The lowest BCUT2D eigenvalue weighted by atomic mass is 9.95. The number of aryl methyl sites for hydroxylation is 1. The van der Waals surface area contributed by atoms with E-state index in [-0.39, 0.29) is 11.9 Å². The molecule has 138 valence electrons. The molecule has 2 aromatic carbocycles. The first kappa shape index (κ1) is 17.1. The zero-order chi connectivity index (χ0) is 19.0. The van der Waals surface area contributed by atoms with Crippen molar-refractivity contribution in [1.82, 2.24) is 15.5 Å². The van der Waals surface area contributed by atoms with Crippen LogP contribution in [0.3, 0.4) is 0 Å². The number of amides is 3. The second-order valence-corrected chi connectivity index (χ2v) is 6.84. The maximum absolute atomic E-state index is 13.1. The van der Waals surface area contributed by atoms with E-state index in [4.69, 9.17) is 4.74 Å². The minimum atomic E-state index is -0.428. The molecule has 0 radical (unpaired) electrons. The van der Waals surface area contributed by atoms with Crippen molar-refractivity contribution in [3.63, 3.8) is 0 Å². The highest BCUT2D eigenvalue weighted by Crippen LogP contribution is 2.33. The summed E-state index contributed by atoms with van der Waals surface area (Å²) in [5, 5.41) is 5.68. The van der Waals surface area contributed by atoms with E-state index in [2.05, 4.69) is 10.6 Å². The number of rotatable bonds is 4. The van der Waals surface area contributed by atoms with Gasteiger partial charge in [0.1, 0.15) is 5.75 Å². The summed E-state index contributed by atoms with van der Waals surface area (Å²) in [6.45, 7) is 2.88. The second-order valence-electron chi connectivity index (χ2n) is 6.84. The Balaban J connectivity index is 1.58. The number of nitrogens with one attached hydrogen (secondary N) is 2. The van der Waals surface area contributed by atoms with Gasteiger partial charge in [0.25, 0.3) is 5.91 Å². The quantitative estimate of drug-likeness (QED) is 0.877. The Labute approximate surface area is 157 Å². The maximum Gasteiger partial charge on any atom is 0.319 e. The molecule has 0 aliphatic carbocycles. The van der Waals surface area contributed by atoms with Crippen molar-refractivity contribution in [2.45, 2.75) is 19.5 Å². The molecule has 2 aliphatic heterocycles. The molecule has 2 aliphatic rings. The summed E-state index contributed by atoms with van der Waals surface area (Å²) >= 11 is 0. The summed E-state index contributed by atoms with van der Waals surface area (Å²) in [5.41, 5.74) is 4.35. The predicted molar refractivity (Wildman–Crippen MR) is 101 cm³/mol. The van der Waals surface area contributed by atoms with Crippen molar-refractivity contribution < 1.29 is 14.3 Å². The fourth-order valence-electron chi connectivity index (χ4n) is 3.52. The first-order valence-electron chi connectivity index (χ1n) is 8.84. The molecule has 0 aromatic heterocycles. The van der Waals surface area contributed by atoms with Crippen LogP contribution in [0, 0.1) is 6.92 Å². The van der Waals surface area contributed by atoms with Crippen LogP contribution in [0.15, 0.2) is 59.8 Å². The molecule has 6 heteroatoms. The van der Waals surface area contributed by atoms with Gasteiger partial charge in [0.2, 0.25) is 0 Å². The summed E-state index contributed by atoms with van der Waals surface area (Å²) in [5.74, 6) is 0.721. The van der Waals surface area contributed by atoms with E-state index in [9.17, 15) is 9.59 Å². The van der Waals surface area contributed by atoms with Crippen molar-refractivity contribution in [2.24, 2.45) is 0 Å². The van der Waals surface area contributed by atoms with Crippen LogP contribution in [-0.4, -0.2) is 30.5 Å². The molecule has 0 bridgehead atoms. The van der Waals surface area contributed by atoms with Crippen LogP contribution < -0.4 is 15.4 Å². The zero-order valence-electron chi connectivity index (χ0n) is 15.3.